The third kappa shape index (κ3) is 6.34. The zero-order valence-corrected chi connectivity index (χ0v) is 12.0. The van der Waals surface area contributed by atoms with Gasteiger partial charge in [0.1, 0.15) is 6.04 Å². The van der Waals surface area contributed by atoms with E-state index in [1.807, 2.05) is 0 Å². The molecule has 0 saturated carbocycles. The number of carboxylic acid groups (broad SMARTS) is 1. The highest BCUT2D eigenvalue weighted by molar-refractivity contribution is 7.83. The number of hydrogen-bond acceptors (Lipinski definition) is 4. The van der Waals surface area contributed by atoms with Gasteiger partial charge in [0.2, 0.25) is 5.91 Å². The molecule has 0 radical (unpaired) electrons. The summed E-state index contributed by atoms with van der Waals surface area (Å²) in [6.07, 6.45) is -0.0385. The standard InChI is InChI=1S/C12H16N2O6S/c1-8(14-21(18,19)20)11(12(16)17)13-10(15)7-9-5-3-2-4-6-9/h2-6,8,11,14H,7H2,1H3,(H,13,15)(H,16,17)(H,18,19,20)/t8-,11-/m0/s1. The first-order valence-electron chi connectivity index (χ1n) is 6.00. The number of hydrogen-bond donors (Lipinski definition) is 4. The molecule has 9 heteroatoms. The SMILES string of the molecule is C[C@H](NS(=O)(=O)O)[C@H](NC(=O)Cc1ccccc1)C(=O)O. The maximum atomic E-state index is 11.8. The molecule has 0 heterocycles. The van der Waals surface area contributed by atoms with Crippen molar-refractivity contribution in [3.05, 3.63) is 35.9 Å². The van der Waals surface area contributed by atoms with Crippen LogP contribution in [-0.4, -0.2) is 42.0 Å². The van der Waals surface area contributed by atoms with Crippen molar-refractivity contribution >= 4 is 22.2 Å². The van der Waals surface area contributed by atoms with Crippen molar-refractivity contribution in [2.24, 2.45) is 0 Å². The van der Waals surface area contributed by atoms with E-state index < -0.39 is 34.3 Å². The maximum Gasteiger partial charge on any atom is 0.333 e. The number of rotatable bonds is 7. The molecule has 2 atom stereocenters. The third-order valence-electron chi connectivity index (χ3n) is 2.62. The molecule has 8 nitrogen and oxygen atoms in total. The Morgan fingerprint density at radius 1 is 1.24 bits per heavy atom. The molecule has 0 aliphatic heterocycles. The van der Waals surface area contributed by atoms with E-state index in [4.69, 9.17) is 9.66 Å². The molecule has 4 N–H and O–H groups in total. The molecular weight excluding hydrogens is 300 g/mol. The number of amides is 1. The molecule has 1 amide bonds. The lowest BCUT2D eigenvalue weighted by Gasteiger charge is -2.21. The fourth-order valence-electron chi connectivity index (χ4n) is 1.71. The Morgan fingerprint density at radius 2 is 1.81 bits per heavy atom. The largest absolute Gasteiger partial charge is 0.480 e. The fourth-order valence-corrected chi connectivity index (χ4v) is 2.32. The minimum Gasteiger partial charge on any atom is -0.480 e. The van der Waals surface area contributed by atoms with Crippen molar-refractivity contribution in [1.82, 2.24) is 10.0 Å². The summed E-state index contributed by atoms with van der Waals surface area (Å²) in [4.78, 5) is 22.9. The van der Waals surface area contributed by atoms with Gasteiger partial charge >= 0.3 is 16.3 Å². The number of benzene rings is 1. The van der Waals surface area contributed by atoms with Gasteiger partial charge in [-0.3, -0.25) is 9.35 Å². The van der Waals surface area contributed by atoms with Gasteiger partial charge in [-0.2, -0.15) is 13.1 Å². The maximum absolute atomic E-state index is 11.8. The van der Waals surface area contributed by atoms with Gasteiger partial charge in [0.05, 0.1) is 12.5 Å². The number of carbonyl (C=O) groups is 2. The molecule has 1 rings (SSSR count). The second kappa shape index (κ2) is 7.16. The zero-order chi connectivity index (χ0) is 16.0. The Morgan fingerprint density at radius 3 is 2.29 bits per heavy atom. The molecule has 0 aliphatic rings. The first-order chi connectivity index (χ1) is 9.69. The molecule has 0 saturated heterocycles. The van der Waals surface area contributed by atoms with Crippen molar-refractivity contribution in [2.75, 3.05) is 0 Å². The van der Waals surface area contributed by atoms with Crippen LogP contribution in [-0.2, 0) is 26.3 Å². The van der Waals surface area contributed by atoms with Gasteiger partial charge in [-0.15, -0.1) is 0 Å². The van der Waals surface area contributed by atoms with Gasteiger partial charge in [-0.25, -0.2) is 4.79 Å². The van der Waals surface area contributed by atoms with Crippen LogP contribution in [0.2, 0.25) is 0 Å². The lowest BCUT2D eigenvalue weighted by Crippen LogP contribution is -2.54. The van der Waals surface area contributed by atoms with Crippen LogP contribution in [0.5, 0.6) is 0 Å². The molecule has 1 aromatic rings. The van der Waals surface area contributed by atoms with Gasteiger partial charge in [-0.1, -0.05) is 30.3 Å². The minimum atomic E-state index is -4.56. The first-order valence-corrected chi connectivity index (χ1v) is 7.44. The highest BCUT2D eigenvalue weighted by Gasteiger charge is 2.28. The summed E-state index contributed by atoms with van der Waals surface area (Å²) in [7, 11) is -4.56. The van der Waals surface area contributed by atoms with Crippen LogP contribution in [0.1, 0.15) is 12.5 Å². The van der Waals surface area contributed by atoms with Crippen LogP contribution in [0.15, 0.2) is 30.3 Å². The molecule has 1 aromatic carbocycles. The normalized spacial score (nSPS) is 14.2. The van der Waals surface area contributed by atoms with E-state index in [2.05, 4.69) is 5.32 Å². The average molecular weight is 316 g/mol. The molecule has 0 unspecified atom stereocenters. The van der Waals surface area contributed by atoms with Gasteiger partial charge < -0.3 is 10.4 Å². The monoisotopic (exact) mass is 316 g/mol. The lowest BCUT2D eigenvalue weighted by atomic mass is 10.1. The van der Waals surface area contributed by atoms with Crippen molar-refractivity contribution in [3.8, 4) is 0 Å². The second-order valence-corrected chi connectivity index (χ2v) is 5.61. The van der Waals surface area contributed by atoms with E-state index in [0.29, 0.717) is 5.56 Å². The van der Waals surface area contributed by atoms with Gasteiger partial charge in [-0.05, 0) is 12.5 Å². The van der Waals surface area contributed by atoms with E-state index in [9.17, 15) is 18.0 Å². The lowest BCUT2D eigenvalue weighted by molar-refractivity contribution is -0.142. The topological polar surface area (TPSA) is 133 Å². The molecule has 116 valence electrons. The summed E-state index contributed by atoms with van der Waals surface area (Å²) < 4.78 is 31.7. The van der Waals surface area contributed by atoms with Crippen LogP contribution >= 0.6 is 0 Å². The van der Waals surface area contributed by atoms with Crippen LogP contribution in [0.3, 0.4) is 0 Å². The van der Waals surface area contributed by atoms with Crippen molar-refractivity contribution in [2.45, 2.75) is 25.4 Å². The van der Waals surface area contributed by atoms with E-state index in [1.165, 1.54) is 6.92 Å². The summed E-state index contributed by atoms with van der Waals surface area (Å²) in [6.45, 7) is 1.22. The van der Waals surface area contributed by atoms with Crippen molar-refractivity contribution in [3.63, 3.8) is 0 Å². The Hall–Kier alpha value is -1.97. The first kappa shape index (κ1) is 17.1. The third-order valence-corrected chi connectivity index (χ3v) is 3.29. The summed E-state index contributed by atoms with van der Waals surface area (Å²) in [5.74, 6) is -1.99. The summed E-state index contributed by atoms with van der Waals surface area (Å²) in [6, 6.07) is 5.95. The van der Waals surface area contributed by atoms with Gasteiger partial charge in [0.15, 0.2) is 0 Å². The Labute approximate surface area is 122 Å². The Kier molecular flexibility index (Phi) is 5.82. The van der Waals surface area contributed by atoms with Crippen molar-refractivity contribution in [1.29, 1.82) is 0 Å². The highest BCUT2D eigenvalue weighted by Crippen LogP contribution is 2.01. The second-order valence-electron chi connectivity index (χ2n) is 4.43. The van der Waals surface area contributed by atoms with Crippen LogP contribution in [0, 0.1) is 0 Å². The van der Waals surface area contributed by atoms with Crippen LogP contribution in [0.25, 0.3) is 0 Å². The Balaban J connectivity index is 2.70. The predicted octanol–water partition coefficient (Wildman–Crippen LogP) is -0.421. The van der Waals surface area contributed by atoms with Crippen molar-refractivity contribution < 1.29 is 27.7 Å². The number of carbonyl (C=O) groups excluding carboxylic acids is 1. The van der Waals surface area contributed by atoms with Gasteiger partial charge in [0, 0.05) is 0 Å². The number of aliphatic carboxylic acids is 1. The zero-order valence-electron chi connectivity index (χ0n) is 11.2. The van der Waals surface area contributed by atoms with E-state index in [1.54, 1.807) is 35.1 Å². The van der Waals surface area contributed by atoms with E-state index in [0.717, 1.165) is 0 Å². The molecular formula is C12H16N2O6S. The summed E-state index contributed by atoms with van der Waals surface area (Å²) >= 11 is 0. The summed E-state index contributed by atoms with van der Waals surface area (Å²) in [5, 5.41) is 11.2. The molecule has 0 bridgehead atoms. The average Bonchev–Trinajstić information content (AvgIpc) is 2.34. The number of nitrogens with one attached hydrogen (secondary N) is 2. The highest BCUT2D eigenvalue weighted by atomic mass is 32.2. The number of carboxylic acids is 1. The fraction of sp³-hybridized carbons (Fsp3) is 0.333. The summed E-state index contributed by atoms with van der Waals surface area (Å²) in [5.41, 5.74) is 0.689. The van der Waals surface area contributed by atoms with E-state index in [-0.39, 0.29) is 6.42 Å². The molecule has 0 aliphatic carbocycles. The van der Waals surface area contributed by atoms with Crippen LogP contribution < -0.4 is 10.0 Å². The van der Waals surface area contributed by atoms with E-state index >= 15 is 0 Å². The smallest absolute Gasteiger partial charge is 0.333 e. The van der Waals surface area contributed by atoms with Crippen LogP contribution in [0.4, 0.5) is 0 Å². The Bertz CT molecular complexity index is 601. The minimum absolute atomic E-state index is 0.0385. The van der Waals surface area contributed by atoms with Gasteiger partial charge in [0.25, 0.3) is 0 Å². The predicted molar refractivity (Wildman–Crippen MR) is 73.9 cm³/mol. The molecule has 0 fully saturated rings. The molecule has 0 aromatic heterocycles. The quantitative estimate of drug-likeness (QED) is 0.505. The molecule has 0 spiro atoms. The molecule has 21 heavy (non-hydrogen) atoms.